The van der Waals surface area contributed by atoms with Gasteiger partial charge >= 0.3 is 5.69 Å². The summed E-state index contributed by atoms with van der Waals surface area (Å²) in [5.74, 6) is 0.260. The summed E-state index contributed by atoms with van der Waals surface area (Å²) in [6, 6.07) is 4.47. The number of ether oxygens (including phenoxy) is 1. The topological polar surface area (TPSA) is 135 Å². The maximum atomic E-state index is 12.0. The number of nitro benzene ring substituents is 1. The molecule has 2 N–H and O–H groups in total. The Morgan fingerprint density at radius 3 is 2.69 bits per heavy atom. The van der Waals surface area contributed by atoms with Gasteiger partial charge in [-0.3, -0.25) is 19.9 Å². The molecular weight excluding hydrogens is 340 g/mol. The minimum Gasteiger partial charge on any atom is -0.487 e. The predicted molar refractivity (Wildman–Crippen MR) is 96.8 cm³/mol. The highest BCUT2D eigenvalue weighted by Gasteiger charge is 2.20. The van der Waals surface area contributed by atoms with Crippen LogP contribution in [0.4, 0.5) is 11.6 Å². The van der Waals surface area contributed by atoms with Crippen LogP contribution in [0.2, 0.25) is 0 Å². The maximum Gasteiger partial charge on any atom is 0.311 e. The molecule has 0 bridgehead atoms. The summed E-state index contributed by atoms with van der Waals surface area (Å²) in [7, 11) is 0. The lowest BCUT2D eigenvalue weighted by Crippen LogP contribution is -2.28. The van der Waals surface area contributed by atoms with Crippen molar-refractivity contribution in [3.05, 3.63) is 49.9 Å². The van der Waals surface area contributed by atoms with E-state index in [9.17, 15) is 14.9 Å². The normalized spacial score (nSPS) is 11.5. The van der Waals surface area contributed by atoms with Crippen LogP contribution in [0.25, 0.3) is 0 Å². The Hall–Kier alpha value is -3.30. The average Bonchev–Trinajstić information content (AvgIpc) is 2.55. The van der Waals surface area contributed by atoms with Crippen molar-refractivity contribution in [3.63, 3.8) is 0 Å². The van der Waals surface area contributed by atoms with Gasteiger partial charge in [0.2, 0.25) is 5.95 Å². The zero-order valence-corrected chi connectivity index (χ0v) is 14.9. The Balaban J connectivity index is 2.16. The van der Waals surface area contributed by atoms with E-state index in [1.165, 1.54) is 18.3 Å². The van der Waals surface area contributed by atoms with Crippen LogP contribution < -0.4 is 15.7 Å². The summed E-state index contributed by atoms with van der Waals surface area (Å²) < 4.78 is 5.22. The Labute approximate surface area is 149 Å². The van der Waals surface area contributed by atoms with Crippen molar-refractivity contribution in [2.75, 3.05) is 12.0 Å². The van der Waals surface area contributed by atoms with Crippen molar-refractivity contribution in [2.24, 2.45) is 5.10 Å². The van der Waals surface area contributed by atoms with Gasteiger partial charge in [0.15, 0.2) is 5.75 Å². The number of H-pyrrole nitrogens is 1. The van der Waals surface area contributed by atoms with E-state index in [1.54, 1.807) is 13.0 Å². The lowest BCUT2D eigenvalue weighted by molar-refractivity contribution is -0.385. The largest absolute Gasteiger partial charge is 0.487 e. The molecule has 2 rings (SSSR count). The van der Waals surface area contributed by atoms with Crippen LogP contribution in [0.1, 0.15) is 39.0 Å². The van der Waals surface area contributed by atoms with E-state index >= 15 is 0 Å². The second-order valence-corrected chi connectivity index (χ2v) is 6.39. The molecule has 10 nitrogen and oxygen atoms in total. The Morgan fingerprint density at radius 2 is 2.12 bits per heavy atom. The molecule has 0 radical (unpaired) electrons. The number of anilines is 1. The summed E-state index contributed by atoms with van der Waals surface area (Å²) in [5.41, 5.74) is 2.39. The minimum atomic E-state index is -0.524. The second kappa shape index (κ2) is 7.72. The van der Waals surface area contributed by atoms with Gasteiger partial charge in [-0.1, -0.05) is 20.8 Å². The summed E-state index contributed by atoms with van der Waals surface area (Å²) in [5, 5.41) is 22.8. The number of aromatic nitrogens is 3. The lowest BCUT2D eigenvalue weighted by Gasteiger charge is -2.15. The van der Waals surface area contributed by atoms with E-state index in [-0.39, 0.29) is 22.9 Å². The Bertz CT molecular complexity index is 885. The molecule has 0 atom stereocenters. The number of hydrogen-bond acceptors (Lipinski definition) is 8. The molecule has 1 heterocycles. The van der Waals surface area contributed by atoms with Gasteiger partial charge in [-0.2, -0.15) is 5.10 Å². The third kappa shape index (κ3) is 4.62. The number of nitrogens with one attached hydrogen (secondary N) is 2. The number of nitro groups is 1. The molecule has 138 valence electrons. The zero-order valence-electron chi connectivity index (χ0n) is 14.9. The minimum absolute atomic E-state index is 0.0692. The highest BCUT2D eigenvalue weighted by Crippen LogP contribution is 2.27. The fourth-order valence-electron chi connectivity index (χ4n) is 2.08. The summed E-state index contributed by atoms with van der Waals surface area (Å²) in [4.78, 5) is 25.1. The van der Waals surface area contributed by atoms with Gasteiger partial charge in [0, 0.05) is 17.0 Å². The summed E-state index contributed by atoms with van der Waals surface area (Å²) >= 11 is 0. The molecule has 0 spiro atoms. The standard InChI is InChI=1S/C16H20N6O4/c1-5-26-12-7-6-10(8-11(12)22(24)25)9-17-20-15-18-14(23)13(19-21-15)16(2,3)4/h6-9H,5H2,1-4H3,(H2,18,20,21,23)/b17-9+. The van der Waals surface area contributed by atoms with Crippen molar-refractivity contribution < 1.29 is 9.66 Å². The average molecular weight is 360 g/mol. The van der Waals surface area contributed by atoms with Crippen molar-refractivity contribution in [3.8, 4) is 5.75 Å². The molecule has 1 aromatic heterocycles. The number of hydrogen-bond donors (Lipinski definition) is 2. The number of rotatable bonds is 6. The van der Waals surface area contributed by atoms with E-state index < -0.39 is 10.3 Å². The molecule has 1 aromatic carbocycles. The SMILES string of the molecule is CCOc1ccc(/C=N/Nc2nnc(C(C)(C)C)c(=O)[nH]2)cc1[N+](=O)[O-]. The molecule has 26 heavy (non-hydrogen) atoms. The maximum absolute atomic E-state index is 12.0. The molecule has 0 saturated heterocycles. The van der Waals surface area contributed by atoms with Crippen LogP contribution in [0.5, 0.6) is 5.75 Å². The first kappa shape index (κ1) is 19.0. The molecule has 0 unspecified atom stereocenters. The van der Waals surface area contributed by atoms with Gasteiger partial charge in [0.25, 0.3) is 5.56 Å². The van der Waals surface area contributed by atoms with Crippen molar-refractivity contribution in [1.29, 1.82) is 0 Å². The predicted octanol–water partition coefficient (Wildman–Crippen LogP) is 2.22. The van der Waals surface area contributed by atoms with Crippen LogP contribution in [0.3, 0.4) is 0 Å². The third-order valence-electron chi connectivity index (χ3n) is 3.27. The number of hydrazone groups is 1. The highest BCUT2D eigenvalue weighted by molar-refractivity contribution is 5.82. The molecule has 2 aromatic rings. The first-order valence-electron chi connectivity index (χ1n) is 7.90. The Kier molecular flexibility index (Phi) is 5.65. The van der Waals surface area contributed by atoms with Gasteiger partial charge in [-0.25, -0.2) is 5.43 Å². The molecule has 0 aliphatic heterocycles. The second-order valence-electron chi connectivity index (χ2n) is 6.39. The number of aromatic amines is 1. The van der Waals surface area contributed by atoms with Crippen LogP contribution in [-0.2, 0) is 5.41 Å². The monoisotopic (exact) mass is 360 g/mol. The van der Waals surface area contributed by atoms with E-state index in [1.807, 2.05) is 20.8 Å². The molecule has 0 amide bonds. The molecule has 0 aliphatic carbocycles. The van der Waals surface area contributed by atoms with Crippen LogP contribution in [0, 0.1) is 10.1 Å². The molecule has 10 heteroatoms. The summed E-state index contributed by atoms with van der Waals surface area (Å²) in [6.45, 7) is 7.64. The Morgan fingerprint density at radius 1 is 1.38 bits per heavy atom. The first-order chi connectivity index (χ1) is 12.2. The fourth-order valence-corrected chi connectivity index (χ4v) is 2.08. The fraction of sp³-hybridized carbons (Fsp3) is 0.375. The van der Waals surface area contributed by atoms with Gasteiger partial charge < -0.3 is 4.74 Å². The van der Waals surface area contributed by atoms with Crippen LogP contribution >= 0.6 is 0 Å². The summed E-state index contributed by atoms with van der Waals surface area (Å²) in [6.07, 6.45) is 1.36. The van der Waals surface area contributed by atoms with Crippen LogP contribution in [-0.4, -0.2) is 32.9 Å². The molecule has 0 saturated carbocycles. The van der Waals surface area contributed by atoms with E-state index in [0.29, 0.717) is 17.9 Å². The third-order valence-corrected chi connectivity index (χ3v) is 3.27. The van der Waals surface area contributed by atoms with Crippen molar-refractivity contribution in [1.82, 2.24) is 15.2 Å². The van der Waals surface area contributed by atoms with Gasteiger partial charge in [0.1, 0.15) is 5.69 Å². The van der Waals surface area contributed by atoms with Crippen molar-refractivity contribution in [2.45, 2.75) is 33.1 Å². The number of benzene rings is 1. The van der Waals surface area contributed by atoms with Gasteiger partial charge in [0.05, 0.1) is 17.7 Å². The first-order valence-corrected chi connectivity index (χ1v) is 7.90. The van der Waals surface area contributed by atoms with Crippen molar-refractivity contribution >= 4 is 17.9 Å². The lowest BCUT2D eigenvalue weighted by atomic mass is 9.93. The molecular formula is C16H20N6O4. The zero-order chi connectivity index (χ0) is 19.3. The molecule has 0 aliphatic rings. The molecule has 0 fully saturated rings. The number of nitrogens with zero attached hydrogens (tertiary/aromatic N) is 4. The van der Waals surface area contributed by atoms with E-state index in [0.717, 1.165) is 0 Å². The quantitative estimate of drug-likeness (QED) is 0.458. The highest BCUT2D eigenvalue weighted by atomic mass is 16.6. The smallest absolute Gasteiger partial charge is 0.311 e. The van der Waals surface area contributed by atoms with Gasteiger partial charge in [-0.05, 0) is 19.1 Å². The van der Waals surface area contributed by atoms with Crippen LogP contribution in [0.15, 0.2) is 28.1 Å². The van der Waals surface area contributed by atoms with E-state index in [4.69, 9.17) is 4.74 Å². The van der Waals surface area contributed by atoms with Gasteiger partial charge in [-0.15, -0.1) is 10.2 Å². The van der Waals surface area contributed by atoms with E-state index in [2.05, 4.69) is 25.7 Å².